The molecule has 1 aliphatic carbocycles. The second-order valence-corrected chi connectivity index (χ2v) is 5.15. The Hall–Kier alpha value is -2.15. The molecule has 0 heterocycles. The van der Waals surface area contributed by atoms with Gasteiger partial charge in [0, 0.05) is 17.8 Å². The number of hydrogen-bond acceptors (Lipinski definition) is 3. The van der Waals surface area contributed by atoms with E-state index >= 15 is 0 Å². The van der Waals surface area contributed by atoms with E-state index in [1.807, 2.05) is 0 Å². The average molecular weight is 295 g/mol. The molecule has 0 radical (unpaired) electrons. The maximum absolute atomic E-state index is 13.5. The molecule has 0 aliphatic heterocycles. The van der Waals surface area contributed by atoms with Crippen LogP contribution in [0.3, 0.4) is 0 Å². The molecular weight excluding hydrogens is 277 g/mol. The van der Waals surface area contributed by atoms with Crippen LogP contribution in [-0.2, 0) is 0 Å². The molecule has 2 atom stereocenters. The molecule has 21 heavy (non-hydrogen) atoms. The average Bonchev–Trinajstić information content (AvgIpc) is 2.41. The largest absolute Gasteiger partial charge is 0.478 e. The molecular formula is C14H18FN3O3. The lowest BCUT2D eigenvalue weighted by Crippen LogP contribution is -2.50. The lowest BCUT2D eigenvalue weighted by atomic mass is 9.91. The summed E-state index contributed by atoms with van der Waals surface area (Å²) in [5.74, 6) is -2.24. The fraction of sp³-hybridized carbons (Fsp3) is 0.429. The van der Waals surface area contributed by atoms with Crippen LogP contribution in [0, 0.1) is 5.82 Å². The van der Waals surface area contributed by atoms with Gasteiger partial charge < -0.3 is 21.5 Å². The van der Waals surface area contributed by atoms with Crippen molar-refractivity contribution in [3.8, 4) is 0 Å². The highest BCUT2D eigenvalue weighted by molar-refractivity contribution is 5.91. The first-order valence-corrected chi connectivity index (χ1v) is 6.83. The van der Waals surface area contributed by atoms with Crippen molar-refractivity contribution in [3.63, 3.8) is 0 Å². The summed E-state index contributed by atoms with van der Waals surface area (Å²) in [6.45, 7) is 0. The van der Waals surface area contributed by atoms with Crippen LogP contribution in [0.25, 0.3) is 0 Å². The van der Waals surface area contributed by atoms with Crippen molar-refractivity contribution in [3.05, 3.63) is 29.6 Å². The second kappa shape index (κ2) is 6.53. The van der Waals surface area contributed by atoms with Gasteiger partial charge in [0.2, 0.25) is 0 Å². The van der Waals surface area contributed by atoms with E-state index in [1.165, 1.54) is 6.07 Å². The number of carbonyl (C=O) groups is 2. The van der Waals surface area contributed by atoms with Crippen molar-refractivity contribution in [1.82, 2.24) is 5.32 Å². The Morgan fingerprint density at radius 3 is 2.62 bits per heavy atom. The van der Waals surface area contributed by atoms with Gasteiger partial charge in [0.05, 0.1) is 5.56 Å². The zero-order valence-electron chi connectivity index (χ0n) is 11.4. The van der Waals surface area contributed by atoms with Crippen LogP contribution in [0.4, 0.5) is 14.9 Å². The molecule has 0 aromatic heterocycles. The topological polar surface area (TPSA) is 104 Å². The molecule has 2 unspecified atom stereocenters. The molecule has 0 bridgehead atoms. The third-order valence-electron chi connectivity index (χ3n) is 3.59. The summed E-state index contributed by atoms with van der Waals surface area (Å²) in [5.41, 5.74) is 5.69. The maximum atomic E-state index is 13.5. The van der Waals surface area contributed by atoms with Crippen LogP contribution in [-0.4, -0.2) is 29.2 Å². The first-order valence-electron chi connectivity index (χ1n) is 6.83. The molecule has 2 amide bonds. The summed E-state index contributed by atoms with van der Waals surface area (Å²) in [6.07, 6.45) is 3.76. The number of nitrogens with one attached hydrogen (secondary N) is 2. The van der Waals surface area contributed by atoms with E-state index in [0.717, 1.165) is 37.8 Å². The molecule has 0 saturated heterocycles. The summed E-state index contributed by atoms with van der Waals surface area (Å²) in [4.78, 5) is 22.5. The highest BCUT2D eigenvalue weighted by atomic mass is 19.1. The minimum atomic E-state index is -1.35. The van der Waals surface area contributed by atoms with E-state index in [0.29, 0.717) is 0 Å². The third kappa shape index (κ3) is 3.91. The predicted octanol–water partition coefficient (Wildman–Crippen LogP) is 1.92. The molecule has 2 rings (SSSR count). The van der Waals surface area contributed by atoms with Gasteiger partial charge in [0.25, 0.3) is 0 Å². The van der Waals surface area contributed by atoms with Crippen molar-refractivity contribution < 1.29 is 19.1 Å². The molecule has 1 aromatic carbocycles. The number of aromatic carboxylic acids is 1. The van der Waals surface area contributed by atoms with E-state index in [-0.39, 0.29) is 17.8 Å². The molecule has 1 aromatic rings. The van der Waals surface area contributed by atoms with Gasteiger partial charge in [-0.1, -0.05) is 12.8 Å². The van der Waals surface area contributed by atoms with Gasteiger partial charge in [-0.05, 0) is 31.0 Å². The van der Waals surface area contributed by atoms with E-state index < -0.39 is 23.4 Å². The zero-order chi connectivity index (χ0) is 15.4. The van der Waals surface area contributed by atoms with E-state index in [1.54, 1.807) is 0 Å². The molecule has 114 valence electrons. The third-order valence-corrected chi connectivity index (χ3v) is 3.59. The van der Waals surface area contributed by atoms with Gasteiger partial charge in [-0.15, -0.1) is 0 Å². The second-order valence-electron chi connectivity index (χ2n) is 5.15. The summed E-state index contributed by atoms with van der Waals surface area (Å²) in [6, 6.07) is 2.79. The number of urea groups is 1. The number of anilines is 1. The van der Waals surface area contributed by atoms with Crippen molar-refractivity contribution in [2.24, 2.45) is 5.73 Å². The van der Waals surface area contributed by atoms with Crippen LogP contribution in [0.15, 0.2) is 18.2 Å². The van der Waals surface area contributed by atoms with Crippen LogP contribution in [0.5, 0.6) is 0 Å². The van der Waals surface area contributed by atoms with Gasteiger partial charge in [0.1, 0.15) is 5.82 Å². The SMILES string of the molecule is NC1CCCCC1NC(=O)Nc1ccc(C(=O)O)c(F)c1. The summed E-state index contributed by atoms with van der Waals surface area (Å²) >= 11 is 0. The van der Waals surface area contributed by atoms with E-state index in [4.69, 9.17) is 10.8 Å². The smallest absolute Gasteiger partial charge is 0.338 e. The highest BCUT2D eigenvalue weighted by Gasteiger charge is 2.23. The van der Waals surface area contributed by atoms with Gasteiger partial charge in [-0.3, -0.25) is 0 Å². The number of amides is 2. The van der Waals surface area contributed by atoms with Crippen LogP contribution >= 0.6 is 0 Å². The fourth-order valence-electron chi connectivity index (χ4n) is 2.44. The summed E-state index contributed by atoms with van der Waals surface area (Å²) in [5, 5.41) is 14.0. The van der Waals surface area contributed by atoms with Gasteiger partial charge in [-0.25, -0.2) is 14.0 Å². The number of nitrogens with two attached hydrogens (primary N) is 1. The molecule has 1 saturated carbocycles. The Balaban J connectivity index is 1.96. The van der Waals surface area contributed by atoms with Crippen molar-refractivity contribution in [1.29, 1.82) is 0 Å². The number of hydrogen-bond donors (Lipinski definition) is 4. The molecule has 5 N–H and O–H groups in total. The van der Waals surface area contributed by atoms with E-state index in [2.05, 4.69) is 10.6 Å². The first kappa shape index (κ1) is 15.2. The Kier molecular flexibility index (Phi) is 4.74. The van der Waals surface area contributed by atoms with Crippen molar-refractivity contribution >= 4 is 17.7 Å². The van der Waals surface area contributed by atoms with Gasteiger partial charge in [0.15, 0.2) is 0 Å². The minimum absolute atomic E-state index is 0.0735. The van der Waals surface area contributed by atoms with Crippen molar-refractivity contribution in [2.75, 3.05) is 5.32 Å². The maximum Gasteiger partial charge on any atom is 0.338 e. The molecule has 6 nitrogen and oxygen atoms in total. The standard InChI is InChI=1S/C14H18FN3O3/c15-10-7-8(5-6-9(10)13(19)20)17-14(21)18-12-4-2-1-3-11(12)16/h5-7,11-12H,1-4,16H2,(H,19,20)(H2,17,18,21). The molecule has 0 spiro atoms. The monoisotopic (exact) mass is 295 g/mol. The van der Waals surface area contributed by atoms with Crippen LogP contribution in [0.1, 0.15) is 36.0 Å². The Morgan fingerprint density at radius 2 is 2.00 bits per heavy atom. The predicted molar refractivity (Wildman–Crippen MR) is 75.7 cm³/mol. The number of rotatable bonds is 3. The normalized spacial score (nSPS) is 21.6. The lowest BCUT2D eigenvalue weighted by Gasteiger charge is -2.29. The van der Waals surface area contributed by atoms with Gasteiger partial charge in [-0.2, -0.15) is 0 Å². The van der Waals surface area contributed by atoms with Gasteiger partial charge >= 0.3 is 12.0 Å². The number of halogens is 1. The first-order chi connectivity index (χ1) is 9.97. The Bertz CT molecular complexity index is 550. The minimum Gasteiger partial charge on any atom is -0.478 e. The quantitative estimate of drug-likeness (QED) is 0.683. The molecule has 7 heteroatoms. The zero-order valence-corrected chi connectivity index (χ0v) is 11.4. The highest BCUT2D eigenvalue weighted by Crippen LogP contribution is 2.18. The molecule has 1 fully saturated rings. The fourth-order valence-corrected chi connectivity index (χ4v) is 2.44. The Labute approximate surface area is 121 Å². The number of benzene rings is 1. The number of carboxylic acid groups (broad SMARTS) is 1. The summed E-state index contributed by atoms with van der Waals surface area (Å²) < 4.78 is 13.5. The number of carbonyl (C=O) groups excluding carboxylic acids is 1. The lowest BCUT2D eigenvalue weighted by molar-refractivity contribution is 0.0692. The van der Waals surface area contributed by atoms with E-state index in [9.17, 15) is 14.0 Å². The van der Waals surface area contributed by atoms with Crippen LogP contribution in [0.2, 0.25) is 0 Å². The van der Waals surface area contributed by atoms with Crippen molar-refractivity contribution in [2.45, 2.75) is 37.8 Å². The number of carboxylic acids is 1. The summed E-state index contributed by atoms with van der Waals surface area (Å²) in [7, 11) is 0. The molecule has 1 aliphatic rings. The van der Waals surface area contributed by atoms with Crippen LogP contribution < -0.4 is 16.4 Å². The Morgan fingerprint density at radius 1 is 1.29 bits per heavy atom.